The minimum absolute atomic E-state index is 0.418. The largest absolute Gasteiger partial charge is 0.494 e. The van der Waals surface area contributed by atoms with Gasteiger partial charge in [-0.05, 0) is 49.0 Å². The number of quaternary nitrogens is 1. The van der Waals surface area contributed by atoms with Gasteiger partial charge < -0.3 is 14.1 Å². The number of nitrogens with zero attached hydrogens (tertiary/aromatic N) is 2. The Morgan fingerprint density at radius 2 is 1.81 bits per heavy atom. The fraction of sp³-hybridized carbons (Fsp3) is 0.300. The van der Waals surface area contributed by atoms with Gasteiger partial charge in [-0.15, -0.1) is 5.10 Å². The number of hydrogen-bond acceptors (Lipinski definition) is 4. The van der Waals surface area contributed by atoms with Crippen molar-refractivity contribution in [1.29, 1.82) is 0 Å². The lowest BCUT2D eigenvalue weighted by atomic mass is 10.2. The molecule has 0 aliphatic heterocycles. The molecule has 1 N–H and O–H groups in total. The van der Waals surface area contributed by atoms with E-state index in [0.29, 0.717) is 30.4 Å². The van der Waals surface area contributed by atoms with Crippen molar-refractivity contribution >= 4 is 12.2 Å². The third-order valence-corrected chi connectivity index (χ3v) is 4.30. The zero-order valence-electron chi connectivity index (χ0n) is 15.1. The first kappa shape index (κ1) is 18.4. The van der Waals surface area contributed by atoms with Crippen molar-refractivity contribution < 1.29 is 14.1 Å². The highest BCUT2D eigenvalue weighted by Crippen LogP contribution is 2.11. The maximum absolute atomic E-state index is 5.65. The summed E-state index contributed by atoms with van der Waals surface area (Å²) in [5.74, 6) is 1.55. The monoisotopic (exact) mass is 370 g/mol. The van der Waals surface area contributed by atoms with Crippen molar-refractivity contribution in [2.75, 3.05) is 13.7 Å². The van der Waals surface area contributed by atoms with Crippen LogP contribution >= 0.6 is 12.2 Å². The molecule has 136 valence electrons. The van der Waals surface area contributed by atoms with E-state index in [2.05, 4.69) is 36.4 Å². The third kappa shape index (κ3) is 5.03. The van der Waals surface area contributed by atoms with Crippen LogP contribution in [0.25, 0.3) is 0 Å². The number of ether oxygens (including phenoxy) is 1. The molecule has 6 heteroatoms. The molecule has 0 radical (unpaired) electrons. The van der Waals surface area contributed by atoms with Gasteiger partial charge in [0.25, 0.3) is 4.84 Å². The second-order valence-corrected chi connectivity index (χ2v) is 6.64. The Labute approximate surface area is 158 Å². The first-order chi connectivity index (χ1) is 12.6. The van der Waals surface area contributed by atoms with Crippen molar-refractivity contribution in [3.05, 3.63) is 76.5 Å². The molecule has 0 bridgehead atoms. The molecule has 26 heavy (non-hydrogen) atoms. The molecule has 2 aromatic carbocycles. The summed E-state index contributed by atoms with van der Waals surface area (Å²) >= 11 is 5.32. The molecule has 0 aliphatic carbocycles. The normalized spacial score (nSPS) is 12.1. The molecule has 1 atom stereocenters. The lowest BCUT2D eigenvalue weighted by molar-refractivity contribution is -0.917. The lowest BCUT2D eigenvalue weighted by Crippen LogP contribution is -3.07. The Hall–Kier alpha value is -2.44. The smallest absolute Gasteiger partial charge is 0.291 e. The fourth-order valence-electron chi connectivity index (χ4n) is 2.82. The second-order valence-electron chi connectivity index (χ2n) is 6.29. The molecule has 0 fully saturated rings. The molecule has 0 spiro atoms. The first-order valence-electron chi connectivity index (χ1n) is 8.78. The van der Waals surface area contributed by atoms with Crippen LogP contribution in [-0.4, -0.2) is 23.4 Å². The van der Waals surface area contributed by atoms with Crippen molar-refractivity contribution in [1.82, 2.24) is 9.78 Å². The Balaban J connectivity index is 1.60. The van der Waals surface area contributed by atoms with Crippen LogP contribution in [0.4, 0.5) is 0 Å². The molecule has 5 nitrogen and oxygen atoms in total. The summed E-state index contributed by atoms with van der Waals surface area (Å²) in [5, 5.41) is 4.53. The van der Waals surface area contributed by atoms with Crippen LogP contribution in [0.1, 0.15) is 23.9 Å². The van der Waals surface area contributed by atoms with E-state index in [4.69, 9.17) is 21.4 Å². The van der Waals surface area contributed by atoms with Crippen LogP contribution in [0.15, 0.2) is 59.0 Å². The topological polar surface area (TPSA) is 44.6 Å². The molecule has 3 rings (SSSR count). The molecule has 0 saturated carbocycles. The van der Waals surface area contributed by atoms with Gasteiger partial charge in [0.2, 0.25) is 5.89 Å². The molecule has 3 aromatic rings. The summed E-state index contributed by atoms with van der Waals surface area (Å²) in [7, 11) is 2.11. The molecule has 0 aliphatic rings. The number of nitrogens with one attached hydrogen (secondary N) is 1. The van der Waals surface area contributed by atoms with E-state index in [9.17, 15) is 0 Å². The Bertz CT molecular complexity index is 872. The van der Waals surface area contributed by atoms with E-state index in [1.165, 1.54) is 10.5 Å². The first-order valence-corrected chi connectivity index (χ1v) is 9.18. The van der Waals surface area contributed by atoms with E-state index in [1.807, 2.05) is 37.3 Å². The average molecular weight is 370 g/mol. The molecule has 0 saturated heterocycles. The summed E-state index contributed by atoms with van der Waals surface area (Å²) in [6.45, 7) is 4.19. The summed E-state index contributed by atoms with van der Waals surface area (Å²) < 4.78 is 12.9. The van der Waals surface area contributed by atoms with Gasteiger partial charge in [-0.3, -0.25) is 0 Å². The SMILES string of the molecule is CCOc1ccc(C[NH+](C)Cn2nc(Cc3ccccc3)oc2=S)cc1. The summed E-state index contributed by atoms with van der Waals surface area (Å²) in [5.41, 5.74) is 2.40. The third-order valence-electron chi connectivity index (χ3n) is 4.01. The number of aromatic nitrogens is 2. The maximum Gasteiger partial charge on any atom is 0.291 e. The summed E-state index contributed by atoms with van der Waals surface area (Å²) in [6, 6.07) is 18.3. The van der Waals surface area contributed by atoms with Crippen LogP contribution in [0, 0.1) is 4.84 Å². The molecular weight excluding hydrogens is 346 g/mol. The van der Waals surface area contributed by atoms with E-state index < -0.39 is 0 Å². The van der Waals surface area contributed by atoms with Crippen molar-refractivity contribution in [3.8, 4) is 5.75 Å². The summed E-state index contributed by atoms with van der Waals surface area (Å²) in [6.07, 6.45) is 0.648. The molecule has 1 heterocycles. The van der Waals surface area contributed by atoms with Gasteiger partial charge in [-0.25, -0.2) is 0 Å². The summed E-state index contributed by atoms with van der Waals surface area (Å²) in [4.78, 5) is 1.69. The molecule has 0 amide bonds. The van der Waals surface area contributed by atoms with Gasteiger partial charge in [-0.2, -0.15) is 4.68 Å². The number of benzene rings is 2. The van der Waals surface area contributed by atoms with Crippen LogP contribution in [0.5, 0.6) is 5.75 Å². The Morgan fingerprint density at radius 3 is 2.50 bits per heavy atom. The van der Waals surface area contributed by atoms with Gasteiger partial charge in [0.05, 0.1) is 20.1 Å². The highest BCUT2D eigenvalue weighted by atomic mass is 32.1. The van der Waals surface area contributed by atoms with Crippen molar-refractivity contribution in [3.63, 3.8) is 0 Å². The molecular formula is C20H24N3O2S+. The van der Waals surface area contributed by atoms with Crippen LogP contribution in [0.2, 0.25) is 0 Å². The average Bonchev–Trinajstić information content (AvgIpc) is 2.96. The van der Waals surface area contributed by atoms with Gasteiger partial charge in [0, 0.05) is 5.56 Å². The van der Waals surface area contributed by atoms with E-state index >= 15 is 0 Å². The fourth-order valence-corrected chi connectivity index (χ4v) is 3.02. The van der Waals surface area contributed by atoms with Crippen molar-refractivity contribution in [2.45, 2.75) is 26.6 Å². The van der Waals surface area contributed by atoms with Crippen molar-refractivity contribution in [2.24, 2.45) is 0 Å². The number of hydrogen-bond donors (Lipinski definition) is 1. The lowest BCUT2D eigenvalue weighted by Gasteiger charge is -2.13. The number of rotatable bonds is 8. The van der Waals surface area contributed by atoms with Gasteiger partial charge in [-0.1, -0.05) is 30.3 Å². The van der Waals surface area contributed by atoms with Gasteiger partial charge in [0.15, 0.2) is 6.67 Å². The molecule has 1 aromatic heterocycles. The van der Waals surface area contributed by atoms with Gasteiger partial charge in [0.1, 0.15) is 12.3 Å². The zero-order chi connectivity index (χ0) is 18.4. The minimum atomic E-state index is 0.418. The van der Waals surface area contributed by atoms with Gasteiger partial charge >= 0.3 is 0 Å². The van der Waals surface area contributed by atoms with E-state index in [0.717, 1.165) is 17.9 Å². The van der Waals surface area contributed by atoms with Crippen LogP contribution < -0.4 is 9.64 Å². The highest BCUT2D eigenvalue weighted by molar-refractivity contribution is 7.71. The minimum Gasteiger partial charge on any atom is -0.494 e. The predicted molar refractivity (Wildman–Crippen MR) is 103 cm³/mol. The quantitative estimate of drug-likeness (QED) is 0.620. The van der Waals surface area contributed by atoms with E-state index in [-0.39, 0.29) is 0 Å². The second kappa shape index (κ2) is 8.78. The maximum atomic E-state index is 5.65. The van der Waals surface area contributed by atoms with E-state index in [1.54, 1.807) is 4.68 Å². The highest BCUT2D eigenvalue weighted by Gasteiger charge is 2.11. The predicted octanol–water partition coefficient (Wildman–Crippen LogP) is 2.87. The van der Waals surface area contributed by atoms with Crippen LogP contribution in [-0.2, 0) is 19.6 Å². The molecule has 1 unspecified atom stereocenters. The Morgan fingerprint density at radius 1 is 1.08 bits per heavy atom. The van der Waals surface area contributed by atoms with Crippen LogP contribution in [0.3, 0.4) is 0 Å². The zero-order valence-corrected chi connectivity index (χ0v) is 16.0. The Kier molecular flexibility index (Phi) is 6.20. The standard InChI is InChI=1S/C20H23N3O2S/c1-3-24-18-11-9-17(10-12-18)14-22(2)15-23-20(26)25-19(21-23)13-16-7-5-4-6-8-16/h4-12H,3,13-15H2,1-2H3/p+1.